The number of phenols is 1. The van der Waals surface area contributed by atoms with Gasteiger partial charge in [0.25, 0.3) is 11.7 Å². The topological polar surface area (TPSA) is 96.3 Å². The van der Waals surface area contributed by atoms with E-state index in [2.05, 4.69) is 0 Å². The zero-order chi connectivity index (χ0) is 24.2. The highest BCUT2D eigenvalue weighted by Crippen LogP contribution is 2.42. The molecule has 0 aromatic heterocycles. The van der Waals surface area contributed by atoms with Gasteiger partial charge in [0.05, 0.1) is 18.2 Å². The van der Waals surface area contributed by atoms with Crippen molar-refractivity contribution in [3.05, 3.63) is 64.2 Å². The van der Waals surface area contributed by atoms with Crippen LogP contribution in [-0.4, -0.2) is 53.7 Å². The number of ether oxygens (including phenoxy) is 2. The van der Waals surface area contributed by atoms with Gasteiger partial charge in [-0.3, -0.25) is 9.59 Å². The van der Waals surface area contributed by atoms with E-state index in [1.54, 1.807) is 26.2 Å². The molecule has 1 aliphatic heterocycles. The van der Waals surface area contributed by atoms with Crippen LogP contribution in [0.2, 0.25) is 0 Å². The molecule has 2 aromatic carbocycles. The van der Waals surface area contributed by atoms with Crippen LogP contribution < -0.4 is 4.74 Å². The first-order chi connectivity index (χ1) is 16.5. The molecule has 1 unspecified atom stereocenters. The van der Waals surface area contributed by atoms with Gasteiger partial charge >= 0.3 is 0 Å². The molecule has 2 N–H and O–H groups in total. The number of benzene rings is 2. The number of carbonyl (C=O) groups is 2. The number of aliphatic hydroxyl groups excluding tert-OH is 1. The summed E-state index contributed by atoms with van der Waals surface area (Å²) in [5.74, 6) is -1.33. The van der Waals surface area contributed by atoms with Crippen molar-refractivity contribution in [1.29, 1.82) is 0 Å². The number of hydrogen-bond donors (Lipinski definition) is 2. The van der Waals surface area contributed by atoms with Gasteiger partial charge in [0.1, 0.15) is 5.76 Å². The van der Waals surface area contributed by atoms with Gasteiger partial charge in [0.15, 0.2) is 11.5 Å². The van der Waals surface area contributed by atoms with Crippen LogP contribution in [0, 0.1) is 0 Å². The number of aryl methyl sites for hydroxylation is 2. The lowest BCUT2D eigenvalue weighted by Gasteiger charge is -2.26. The summed E-state index contributed by atoms with van der Waals surface area (Å²) >= 11 is 0. The van der Waals surface area contributed by atoms with Gasteiger partial charge < -0.3 is 24.6 Å². The maximum absolute atomic E-state index is 13.2. The molecule has 1 fully saturated rings. The second kappa shape index (κ2) is 10.3. The van der Waals surface area contributed by atoms with E-state index < -0.39 is 17.7 Å². The van der Waals surface area contributed by atoms with E-state index in [1.807, 2.05) is 18.2 Å². The van der Waals surface area contributed by atoms with Crippen LogP contribution in [0.4, 0.5) is 0 Å². The summed E-state index contributed by atoms with van der Waals surface area (Å²) in [5.41, 5.74) is 3.59. The van der Waals surface area contributed by atoms with Crippen LogP contribution in [0.25, 0.3) is 5.76 Å². The summed E-state index contributed by atoms with van der Waals surface area (Å²) in [6, 6.07) is 9.71. The van der Waals surface area contributed by atoms with Gasteiger partial charge in [-0.05, 0) is 73.9 Å². The lowest BCUT2D eigenvalue weighted by Crippen LogP contribution is -2.31. The fourth-order valence-corrected chi connectivity index (χ4v) is 4.84. The quantitative estimate of drug-likeness (QED) is 0.263. The minimum absolute atomic E-state index is 0.0309. The number of aromatic hydroxyl groups is 1. The first-order valence-electron chi connectivity index (χ1n) is 11.8. The summed E-state index contributed by atoms with van der Waals surface area (Å²) in [6.07, 6.45) is 4.72. The first-order valence-corrected chi connectivity index (χ1v) is 11.8. The van der Waals surface area contributed by atoms with Gasteiger partial charge in [0, 0.05) is 25.8 Å². The lowest BCUT2D eigenvalue weighted by atomic mass is 9.88. The molecule has 1 amide bonds. The Hall–Kier alpha value is -3.32. The fraction of sp³-hybridized carbons (Fsp3) is 0.407. The molecular weight excluding hydrogens is 434 g/mol. The van der Waals surface area contributed by atoms with E-state index in [1.165, 1.54) is 22.1 Å². The molecule has 2 aliphatic rings. The molecule has 34 heavy (non-hydrogen) atoms. The molecule has 180 valence electrons. The molecule has 1 atom stereocenters. The third kappa shape index (κ3) is 4.53. The predicted molar refractivity (Wildman–Crippen MR) is 128 cm³/mol. The lowest BCUT2D eigenvalue weighted by molar-refractivity contribution is -0.140. The maximum atomic E-state index is 13.2. The van der Waals surface area contributed by atoms with Crippen molar-refractivity contribution in [2.24, 2.45) is 0 Å². The van der Waals surface area contributed by atoms with Crippen LogP contribution in [0.15, 0.2) is 42.0 Å². The average molecular weight is 466 g/mol. The van der Waals surface area contributed by atoms with E-state index in [4.69, 9.17) is 9.47 Å². The van der Waals surface area contributed by atoms with E-state index >= 15 is 0 Å². The molecule has 7 heteroatoms. The van der Waals surface area contributed by atoms with Crippen LogP contribution in [-0.2, 0) is 27.2 Å². The van der Waals surface area contributed by atoms with Gasteiger partial charge in [-0.1, -0.05) is 18.2 Å². The standard InChI is InChI=1S/C27H31NO6/c1-3-34-22-16-19(11-12-21(22)29)24-23(26(31)27(32)28(24)13-6-14-33-2)25(30)20-10-9-17-7-4-5-8-18(17)15-20/h9-12,15-16,24,29-30H,3-8,13-14H2,1-2H3/b25-23+. The number of likely N-dealkylation sites (tertiary alicyclic amines) is 1. The number of ketones is 1. The molecular formula is C27H31NO6. The number of aliphatic hydroxyl groups is 1. The van der Waals surface area contributed by atoms with Gasteiger partial charge in [0.2, 0.25) is 0 Å². The first kappa shape index (κ1) is 23.8. The fourth-order valence-electron chi connectivity index (χ4n) is 4.84. The molecule has 1 heterocycles. The maximum Gasteiger partial charge on any atom is 0.295 e. The molecule has 1 aliphatic carbocycles. The summed E-state index contributed by atoms with van der Waals surface area (Å²) in [5, 5.41) is 21.5. The monoisotopic (exact) mass is 465 g/mol. The number of carbonyl (C=O) groups excluding carboxylic acids is 2. The number of rotatable bonds is 8. The highest BCUT2D eigenvalue weighted by molar-refractivity contribution is 6.46. The largest absolute Gasteiger partial charge is 0.507 e. The minimum Gasteiger partial charge on any atom is -0.507 e. The molecule has 0 radical (unpaired) electrons. The van der Waals surface area contributed by atoms with Crippen molar-refractivity contribution >= 4 is 17.4 Å². The number of amides is 1. The Balaban J connectivity index is 1.82. The SMILES string of the molecule is CCOc1cc(C2/C(=C(\O)c3ccc4c(c3)CCCC4)C(=O)C(=O)N2CCCOC)ccc1O. The molecule has 1 saturated heterocycles. The van der Waals surface area contributed by atoms with E-state index in [-0.39, 0.29) is 29.4 Å². The van der Waals surface area contributed by atoms with Crippen molar-refractivity contribution in [3.8, 4) is 11.5 Å². The number of methoxy groups -OCH3 is 1. The molecule has 0 spiro atoms. The van der Waals surface area contributed by atoms with Gasteiger partial charge in [-0.2, -0.15) is 0 Å². The summed E-state index contributed by atoms with van der Waals surface area (Å²) in [4.78, 5) is 27.7. The van der Waals surface area contributed by atoms with Crippen LogP contribution in [0.3, 0.4) is 0 Å². The summed E-state index contributed by atoms with van der Waals surface area (Å²) < 4.78 is 10.7. The second-order valence-corrected chi connectivity index (χ2v) is 8.69. The van der Waals surface area contributed by atoms with Gasteiger partial charge in [-0.25, -0.2) is 0 Å². The zero-order valence-electron chi connectivity index (χ0n) is 19.7. The predicted octanol–water partition coefficient (Wildman–Crippen LogP) is 4.13. The number of hydrogen-bond acceptors (Lipinski definition) is 6. The van der Waals surface area contributed by atoms with Gasteiger partial charge in [-0.15, -0.1) is 0 Å². The number of nitrogens with zero attached hydrogens (tertiary/aromatic N) is 1. The average Bonchev–Trinajstić information content (AvgIpc) is 3.10. The Kier molecular flexibility index (Phi) is 7.22. The summed E-state index contributed by atoms with van der Waals surface area (Å²) in [6.45, 7) is 2.87. The van der Waals surface area contributed by atoms with Crippen molar-refractivity contribution < 1.29 is 29.3 Å². The smallest absolute Gasteiger partial charge is 0.295 e. The highest BCUT2D eigenvalue weighted by Gasteiger charge is 2.46. The van der Waals surface area contributed by atoms with Crippen molar-refractivity contribution in [3.63, 3.8) is 0 Å². The van der Waals surface area contributed by atoms with Crippen molar-refractivity contribution in [2.45, 2.75) is 45.1 Å². The minimum atomic E-state index is -0.798. The Bertz CT molecular complexity index is 1120. The van der Waals surface area contributed by atoms with E-state index in [0.717, 1.165) is 25.7 Å². The number of phenolic OH excluding ortho intramolecular Hbond substituents is 1. The van der Waals surface area contributed by atoms with Crippen LogP contribution in [0.1, 0.15) is 54.5 Å². The molecule has 0 saturated carbocycles. The molecule has 0 bridgehead atoms. The second-order valence-electron chi connectivity index (χ2n) is 8.69. The summed E-state index contributed by atoms with van der Waals surface area (Å²) in [7, 11) is 1.58. The Morgan fingerprint density at radius 3 is 2.59 bits per heavy atom. The molecule has 2 aromatic rings. The Morgan fingerprint density at radius 2 is 1.85 bits per heavy atom. The highest BCUT2D eigenvalue weighted by atomic mass is 16.5. The number of Topliss-reactive ketones (excluding diaryl/α,β-unsaturated/α-hetero) is 1. The van der Waals surface area contributed by atoms with E-state index in [0.29, 0.717) is 30.8 Å². The third-order valence-electron chi connectivity index (χ3n) is 6.51. The van der Waals surface area contributed by atoms with E-state index in [9.17, 15) is 19.8 Å². The molecule has 7 nitrogen and oxygen atoms in total. The Morgan fingerprint density at radius 1 is 1.09 bits per heavy atom. The van der Waals surface area contributed by atoms with Crippen LogP contribution >= 0.6 is 0 Å². The van der Waals surface area contributed by atoms with Crippen molar-refractivity contribution in [1.82, 2.24) is 4.90 Å². The Labute approximate surface area is 199 Å². The van der Waals surface area contributed by atoms with Crippen molar-refractivity contribution in [2.75, 3.05) is 26.9 Å². The van der Waals surface area contributed by atoms with Crippen LogP contribution in [0.5, 0.6) is 11.5 Å². The third-order valence-corrected chi connectivity index (χ3v) is 6.51. The zero-order valence-corrected chi connectivity index (χ0v) is 19.7. The normalized spacial score (nSPS) is 19.4. The molecule has 4 rings (SSSR count). The number of fused-ring (bicyclic) bond motifs is 1.